The average Bonchev–Trinajstić information content (AvgIpc) is 2.47. The third kappa shape index (κ3) is 4.92. The van der Waals surface area contributed by atoms with E-state index >= 15 is 0 Å². The fourth-order valence-corrected chi connectivity index (χ4v) is 1.86. The summed E-state index contributed by atoms with van der Waals surface area (Å²) in [6.07, 6.45) is -10.9. The molecule has 7 atom stereocenters. The van der Waals surface area contributed by atoms with Gasteiger partial charge >= 0.3 is 0 Å². The highest BCUT2D eigenvalue weighted by Gasteiger charge is 2.35. The summed E-state index contributed by atoms with van der Waals surface area (Å²) in [5.41, 5.74) is 0. The molecule has 0 aliphatic carbocycles. The van der Waals surface area contributed by atoms with E-state index < -0.39 is 49.3 Å². The molecule has 5 unspecified atom stereocenters. The summed E-state index contributed by atoms with van der Waals surface area (Å²) in [5.74, 6) is 0. The minimum absolute atomic E-state index is 0.0141. The van der Waals surface area contributed by atoms with Crippen LogP contribution in [0.4, 0.5) is 0 Å². The number of nitrogens with zero attached hydrogens (tertiary/aromatic N) is 1. The molecule has 0 bridgehead atoms. The summed E-state index contributed by atoms with van der Waals surface area (Å²) in [6.45, 7) is -0.763. The lowest BCUT2D eigenvalue weighted by Crippen LogP contribution is -2.56. The number of aliphatic hydroxyl groups is 7. The highest BCUT2D eigenvalue weighted by molar-refractivity contribution is 5.56. The lowest BCUT2D eigenvalue weighted by atomic mass is 10.0. The number of hydrogen-bond acceptors (Lipinski definition) is 10. The van der Waals surface area contributed by atoms with Crippen LogP contribution < -0.4 is 0 Å². The maximum atomic E-state index is 10.3. The fourth-order valence-electron chi connectivity index (χ4n) is 1.86. The molecule has 1 saturated heterocycles. The molecule has 7 N–H and O–H groups in total. The number of aldehydes is 1. The quantitative estimate of drug-likeness (QED) is 0.226. The maximum Gasteiger partial charge on any atom is 0.151 e. The zero-order valence-corrected chi connectivity index (χ0v) is 11.1. The van der Waals surface area contributed by atoms with Gasteiger partial charge in [-0.3, -0.25) is 4.84 Å². The van der Waals surface area contributed by atoms with Gasteiger partial charge in [0.1, 0.15) is 30.5 Å². The second kappa shape index (κ2) is 8.08. The second-order valence-corrected chi connectivity index (χ2v) is 4.94. The summed E-state index contributed by atoms with van der Waals surface area (Å²) in [4.78, 5) is 15.3. The zero-order valence-electron chi connectivity index (χ0n) is 11.1. The highest BCUT2D eigenvalue weighted by Crippen LogP contribution is 2.13. The van der Waals surface area contributed by atoms with Gasteiger partial charge in [-0.25, -0.2) is 0 Å². The second-order valence-electron chi connectivity index (χ2n) is 4.94. The lowest BCUT2D eigenvalue weighted by Gasteiger charge is -2.36. The van der Waals surface area contributed by atoms with Crippen molar-refractivity contribution in [1.29, 1.82) is 0 Å². The SMILES string of the molecule is O=CC(O)C(O)C(O)C(O)CON1C[C@@H](O)C(O)[C@@H](O)C1. The molecule has 1 heterocycles. The predicted octanol–water partition coefficient (Wildman–Crippen LogP) is -5.04. The van der Waals surface area contributed by atoms with Crippen LogP contribution in [-0.4, -0.2) is 110 Å². The first-order valence-corrected chi connectivity index (χ1v) is 6.37. The first-order chi connectivity index (χ1) is 9.77. The molecule has 0 spiro atoms. The van der Waals surface area contributed by atoms with Crippen molar-refractivity contribution in [2.24, 2.45) is 0 Å². The average molecular weight is 311 g/mol. The first-order valence-electron chi connectivity index (χ1n) is 6.37. The van der Waals surface area contributed by atoms with Crippen LogP contribution in [-0.2, 0) is 9.63 Å². The number of β-amino-alcohol motifs (C(OH)–C–C–N with tert-alkyl or cyclic N) is 2. The van der Waals surface area contributed by atoms with Crippen LogP contribution in [0.5, 0.6) is 0 Å². The van der Waals surface area contributed by atoms with E-state index in [1.165, 1.54) is 0 Å². The van der Waals surface area contributed by atoms with Crippen LogP contribution in [0.15, 0.2) is 0 Å². The van der Waals surface area contributed by atoms with Crippen molar-refractivity contribution >= 4 is 6.29 Å². The Morgan fingerprint density at radius 1 is 1.05 bits per heavy atom. The molecule has 0 saturated carbocycles. The van der Waals surface area contributed by atoms with E-state index in [2.05, 4.69) is 0 Å². The molecule has 1 fully saturated rings. The molecule has 124 valence electrons. The van der Waals surface area contributed by atoms with Crippen molar-refractivity contribution in [2.75, 3.05) is 19.7 Å². The van der Waals surface area contributed by atoms with Crippen LogP contribution in [0.1, 0.15) is 0 Å². The van der Waals surface area contributed by atoms with E-state index in [1.54, 1.807) is 0 Å². The summed E-state index contributed by atoms with van der Waals surface area (Å²) in [5, 5.41) is 66.7. The van der Waals surface area contributed by atoms with Crippen LogP contribution in [0.3, 0.4) is 0 Å². The molecule has 0 aromatic rings. The van der Waals surface area contributed by atoms with Gasteiger partial charge in [-0.1, -0.05) is 0 Å². The molecule has 0 radical (unpaired) electrons. The van der Waals surface area contributed by atoms with Crippen molar-refractivity contribution in [3.8, 4) is 0 Å². The smallest absolute Gasteiger partial charge is 0.151 e. The minimum Gasteiger partial charge on any atom is -0.389 e. The van der Waals surface area contributed by atoms with Crippen molar-refractivity contribution in [3.63, 3.8) is 0 Å². The van der Waals surface area contributed by atoms with Crippen molar-refractivity contribution in [1.82, 2.24) is 5.06 Å². The number of hydroxylamine groups is 2. The van der Waals surface area contributed by atoms with E-state index in [9.17, 15) is 35.4 Å². The first kappa shape index (κ1) is 18.4. The number of carbonyl (C=O) groups excluding carboxylic acids is 1. The molecule has 0 aromatic heterocycles. The summed E-state index contributed by atoms with van der Waals surface area (Å²) >= 11 is 0. The van der Waals surface area contributed by atoms with Gasteiger partial charge in [0.2, 0.25) is 0 Å². The Hall–Kier alpha value is -0.690. The molecule has 10 nitrogen and oxygen atoms in total. The summed E-state index contributed by atoms with van der Waals surface area (Å²) in [6, 6.07) is 0. The monoisotopic (exact) mass is 311 g/mol. The van der Waals surface area contributed by atoms with Gasteiger partial charge < -0.3 is 40.5 Å². The number of piperidine rings is 1. The van der Waals surface area contributed by atoms with Gasteiger partial charge in [0, 0.05) is 0 Å². The third-order valence-corrected chi connectivity index (χ3v) is 3.23. The molecular formula is C11H21NO9. The molecular weight excluding hydrogens is 290 g/mol. The van der Waals surface area contributed by atoms with E-state index in [-0.39, 0.29) is 19.4 Å². The van der Waals surface area contributed by atoms with Gasteiger partial charge in [-0.05, 0) is 0 Å². The summed E-state index contributed by atoms with van der Waals surface area (Å²) < 4.78 is 0. The lowest BCUT2D eigenvalue weighted by molar-refractivity contribution is -0.249. The van der Waals surface area contributed by atoms with Crippen LogP contribution in [0.25, 0.3) is 0 Å². The predicted molar refractivity (Wildman–Crippen MR) is 65.6 cm³/mol. The van der Waals surface area contributed by atoms with Crippen molar-refractivity contribution < 1.29 is 45.4 Å². The van der Waals surface area contributed by atoms with E-state index in [1.807, 2.05) is 0 Å². The zero-order chi connectivity index (χ0) is 16.2. The molecule has 10 heteroatoms. The Labute approximate surface area is 120 Å². The van der Waals surface area contributed by atoms with Gasteiger partial charge in [0.15, 0.2) is 6.29 Å². The van der Waals surface area contributed by atoms with E-state index in [4.69, 9.17) is 9.94 Å². The van der Waals surface area contributed by atoms with Gasteiger partial charge in [-0.2, -0.15) is 5.06 Å². The Balaban J connectivity index is 2.42. The number of carbonyl (C=O) groups is 1. The van der Waals surface area contributed by atoms with Crippen LogP contribution in [0, 0.1) is 0 Å². The number of hydrogen-bond donors (Lipinski definition) is 7. The van der Waals surface area contributed by atoms with E-state index in [0.717, 1.165) is 5.06 Å². The molecule has 1 rings (SSSR count). The normalized spacial score (nSPS) is 33.2. The van der Waals surface area contributed by atoms with Crippen molar-refractivity contribution in [2.45, 2.75) is 42.7 Å². The Morgan fingerprint density at radius 2 is 1.57 bits per heavy atom. The standard InChI is InChI=1S/C11H21NO9/c13-3-7(16)10(19)11(20)8(17)4-21-12-1-5(14)9(18)6(15)2-12/h3,5-11,14-20H,1-2,4H2/t5-,6+,7?,8?,9?,10?,11?. The Morgan fingerprint density at radius 3 is 2.05 bits per heavy atom. The fraction of sp³-hybridized carbons (Fsp3) is 0.909. The molecule has 1 aliphatic heterocycles. The van der Waals surface area contributed by atoms with Crippen LogP contribution in [0.2, 0.25) is 0 Å². The Bertz CT molecular complexity index is 319. The van der Waals surface area contributed by atoms with Gasteiger partial charge in [-0.15, -0.1) is 0 Å². The molecule has 21 heavy (non-hydrogen) atoms. The van der Waals surface area contributed by atoms with Crippen molar-refractivity contribution in [3.05, 3.63) is 0 Å². The van der Waals surface area contributed by atoms with Gasteiger partial charge in [0.25, 0.3) is 0 Å². The number of rotatable bonds is 7. The van der Waals surface area contributed by atoms with E-state index in [0.29, 0.717) is 0 Å². The summed E-state index contributed by atoms with van der Waals surface area (Å²) in [7, 11) is 0. The maximum absolute atomic E-state index is 10.3. The third-order valence-electron chi connectivity index (χ3n) is 3.23. The molecule has 1 aliphatic rings. The molecule has 0 amide bonds. The highest BCUT2D eigenvalue weighted by atomic mass is 16.7. The Kier molecular flexibility index (Phi) is 7.06. The van der Waals surface area contributed by atoms with Crippen LogP contribution >= 0.6 is 0 Å². The minimum atomic E-state index is -1.87. The van der Waals surface area contributed by atoms with Gasteiger partial charge in [0.05, 0.1) is 31.9 Å². The molecule has 0 aromatic carbocycles. The topological polar surface area (TPSA) is 171 Å². The largest absolute Gasteiger partial charge is 0.389 e. The number of aliphatic hydroxyl groups excluding tert-OH is 7.